The molecule has 35 heavy (non-hydrogen) atoms. The molecule has 0 spiro atoms. The number of nitrogens with two attached hydrogens (primary N) is 1. The highest BCUT2D eigenvalue weighted by Crippen LogP contribution is 2.28. The van der Waals surface area contributed by atoms with Gasteiger partial charge in [0.05, 0.1) is 23.1 Å². The van der Waals surface area contributed by atoms with E-state index in [1.165, 1.54) is 12.3 Å². The van der Waals surface area contributed by atoms with E-state index in [9.17, 15) is 9.18 Å². The van der Waals surface area contributed by atoms with Gasteiger partial charge in [-0.15, -0.1) is 5.10 Å². The number of carbonyl (C=O) groups excluding carboxylic acids is 1. The van der Waals surface area contributed by atoms with Crippen molar-refractivity contribution >= 4 is 50.4 Å². The summed E-state index contributed by atoms with van der Waals surface area (Å²) in [4.78, 5) is 21.2. The SMILES string of the molecule is N[C@H]1CC[C@H](Nc2cc(Nc3cccc(Br)n3)c3ccc(C(=O)Nc4ccncc4F)n3n2)CC1. The highest BCUT2D eigenvalue weighted by atomic mass is 79.9. The van der Waals surface area contributed by atoms with Crippen molar-refractivity contribution in [3.8, 4) is 0 Å². The number of pyridine rings is 2. The van der Waals surface area contributed by atoms with Crippen LogP contribution in [0.1, 0.15) is 36.2 Å². The van der Waals surface area contributed by atoms with Crippen LogP contribution in [-0.2, 0) is 0 Å². The van der Waals surface area contributed by atoms with Crippen LogP contribution in [0.2, 0.25) is 0 Å². The normalized spacial score (nSPS) is 17.8. The highest BCUT2D eigenvalue weighted by molar-refractivity contribution is 9.10. The quantitative estimate of drug-likeness (QED) is 0.262. The van der Waals surface area contributed by atoms with Crippen LogP contribution in [0.25, 0.3) is 5.52 Å². The van der Waals surface area contributed by atoms with Crippen LogP contribution in [0.5, 0.6) is 0 Å². The number of nitrogens with zero attached hydrogens (tertiary/aromatic N) is 4. The zero-order valence-electron chi connectivity index (χ0n) is 18.7. The number of carbonyl (C=O) groups is 1. The first-order valence-electron chi connectivity index (χ1n) is 11.3. The van der Waals surface area contributed by atoms with E-state index >= 15 is 0 Å². The van der Waals surface area contributed by atoms with Gasteiger partial charge in [-0.3, -0.25) is 9.78 Å². The Morgan fingerprint density at radius 3 is 2.69 bits per heavy atom. The molecule has 4 heterocycles. The number of fused-ring (bicyclic) bond motifs is 1. The maximum absolute atomic E-state index is 14.1. The number of amides is 1. The molecule has 9 nitrogen and oxygen atoms in total. The summed E-state index contributed by atoms with van der Waals surface area (Å²) in [6, 6.07) is 12.8. The smallest absolute Gasteiger partial charge is 0.274 e. The molecule has 1 saturated carbocycles. The Kier molecular flexibility index (Phi) is 6.60. The molecule has 11 heteroatoms. The molecule has 1 aliphatic rings. The fourth-order valence-electron chi connectivity index (χ4n) is 4.18. The second-order valence-corrected chi connectivity index (χ2v) is 9.31. The third-order valence-corrected chi connectivity index (χ3v) is 6.42. The second-order valence-electron chi connectivity index (χ2n) is 8.50. The van der Waals surface area contributed by atoms with E-state index in [0.717, 1.165) is 37.6 Å². The molecule has 5 rings (SSSR count). The summed E-state index contributed by atoms with van der Waals surface area (Å²) >= 11 is 3.39. The molecule has 1 fully saturated rings. The fourth-order valence-corrected chi connectivity index (χ4v) is 4.53. The lowest BCUT2D eigenvalue weighted by Crippen LogP contribution is -2.33. The topological polar surface area (TPSA) is 122 Å². The van der Waals surface area contributed by atoms with Crippen LogP contribution in [0.15, 0.2) is 59.5 Å². The molecule has 0 aliphatic heterocycles. The second kappa shape index (κ2) is 9.96. The Bertz CT molecular complexity index is 1370. The van der Waals surface area contributed by atoms with E-state index in [2.05, 4.69) is 41.8 Å². The van der Waals surface area contributed by atoms with Crippen molar-refractivity contribution in [1.82, 2.24) is 19.6 Å². The Labute approximate surface area is 209 Å². The van der Waals surface area contributed by atoms with Crippen molar-refractivity contribution in [2.75, 3.05) is 16.0 Å². The van der Waals surface area contributed by atoms with Gasteiger partial charge in [-0.05, 0) is 71.9 Å². The summed E-state index contributed by atoms with van der Waals surface area (Å²) in [7, 11) is 0. The Morgan fingerprint density at radius 2 is 1.91 bits per heavy atom. The average molecular weight is 539 g/mol. The van der Waals surface area contributed by atoms with Gasteiger partial charge in [-0.1, -0.05) is 6.07 Å². The molecule has 0 atom stereocenters. The lowest BCUT2D eigenvalue weighted by Gasteiger charge is -2.27. The van der Waals surface area contributed by atoms with E-state index in [-0.39, 0.29) is 23.5 Å². The van der Waals surface area contributed by atoms with Gasteiger partial charge in [0.25, 0.3) is 5.91 Å². The minimum Gasteiger partial charge on any atom is -0.366 e. The first-order valence-corrected chi connectivity index (χ1v) is 12.1. The molecule has 0 unspecified atom stereocenters. The largest absolute Gasteiger partial charge is 0.366 e. The zero-order valence-corrected chi connectivity index (χ0v) is 20.3. The molecule has 0 radical (unpaired) electrons. The predicted molar refractivity (Wildman–Crippen MR) is 136 cm³/mol. The Balaban J connectivity index is 1.51. The van der Waals surface area contributed by atoms with Crippen molar-refractivity contribution in [3.63, 3.8) is 0 Å². The molecule has 4 aromatic heterocycles. The highest BCUT2D eigenvalue weighted by Gasteiger charge is 2.21. The molecule has 1 aliphatic carbocycles. The number of aromatic nitrogens is 4. The van der Waals surface area contributed by atoms with Gasteiger partial charge < -0.3 is 21.7 Å². The first kappa shape index (κ1) is 23.2. The minimum absolute atomic E-state index is 0.0458. The Morgan fingerprint density at radius 1 is 1.09 bits per heavy atom. The molecular formula is C24H24BrFN8O. The molecule has 0 saturated heterocycles. The van der Waals surface area contributed by atoms with Crippen molar-refractivity contribution in [2.45, 2.75) is 37.8 Å². The number of hydrogen-bond acceptors (Lipinski definition) is 7. The number of halogens is 2. The number of nitrogens with one attached hydrogen (secondary N) is 3. The molecule has 180 valence electrons. The van der Waals surface area contributed by atoms with Crippen LogP contribution < -0.4 is 21.7 Å². The summed E-state index contributed by atoms with van der Waals surface area (Å²) in [6.45, 7) is 0. The summed E-state index contributed by atoms with van der Waals surface area (Å²) in [5, 5.41) is 14.1. The third kappa shape index (κ3) is 5.25. The lowest BCUT2D eigenvalue weighted by atomic mass is 9.92. The molecular weight excluding hydrogens is 515 g/mol. The van der Waals surface area contributed by atoms with Crippen molar-refractivity contribution in [1.29, 1.82) is 0 Å². The first-order chi connectivity index (χ1) is 17.0. The van der Waals surface area contributed by atoms with Crippen molar-refractivity contribution < 1.29 is 9.18 Å². The number of hydrogen-bond donors (Lipinski definition) is 4. The molecule has 4 aromatic rings. The summed E-state index contributed by atoms with van der Waals surface area (Å²) in [5.41, 5.74) is 7.75. The monoisotopic (exact) mass is 538 g/mol. The van der Waals surface area contributed by atoms with Crippen molar-refractivity contribution in [3.05, 3.63) is 71.0 Å². The molecule has 1 amide bonds. The van der Waals surface area contributed by atoms with Gasteiger partial charge in [0.2, 0.25) is 0 Å². The fraction of sp³-hybridized carbons (Fsp3) is 0.250. The average Bonchev–Trinajstić information content (AvgIpc) is 3.27. The van der Waals surface area contributed by atoms with Gasteiger partial charge in [-0.2, -0.15) is 0 Å². The van der Waals surface area contributed by atoms with Crippen LogP contribution in [-0.4, -0.2) is 37.6 Å². The zero-order chi connectivity index (χ0) is 24.4. The van der Waals surface area contributed by atoms with Crippen molar-refractivity contribution in [2.24, 2.45) is 5.73 Å². The summed E-state index contributed by atoms with van der Waals surface area (Å²) in [5.74, 6) is 0.134. The maximum atomic E-state index is 14.1. The maximum Gasteiger partial charge on any atom is 0.274 e. The number of anilines is 4. The van der Waals surface area contributed by atoms with E-state index in [0.29, 0.717) is 21.8 Å². The van der Waals surface area contributed by atoms with Gasteiger partial charge in [0.15, 0.2) is 5.82 Å². The van der Waals surface area contributed by atoms with Gasteiger partial charge in [0, 0.05) is 24.3 Å². The van der Waals surface area contributed by atoms with Crippen LogP contribution in [0, 0.1) is 5.82 Å². The van der Waals surface area contributed by atoms with Crippen LogP contribution >= 0.6 is 15.9 Å². The third-order valence-electron chi connectivity index (χ3n) is 5.98. The van der Waals surface area contributed by atoms with E-state index < -0.39 is 11.7 Å². The standard InChI is InChI=1S/C24H24BrFN8O/c25-21-2-1-3-22(32-21)30-18-12-23(29-15-6-4-14(27)5-7-15)33-34-19(18)8-9-20(34)24(35)31-17-10-11-28-13-16(17)26/h1-3,8-15H,4-7,27H2,(H,29,33)(H,30,32)(H,28,31,35)/t14-,15-. The predicted octanol–water partition coefficient (Wildman–Crippen LogP) is 4.70. The van der Waals surface area contributed by atoms with E-state index in [1.807, 2.05) is 24.3 Å². The van der Waals surface area contributed by atoms with Gasteiger partial charge in [0.1, 0.15) is 21.9 Å². The van der Waals surface area contributed by atoms with Crippen LogP contribution in [0.3, 0.4) is 0 Å². The van der Waals surface area contributed by atoms with E-state index in [4.69, 9.17) is 10.8 Å². The van der Waals surface area contributed by atoms with Gasteiger partial charge in [-0.25, -0.2) is 13.9 Å². The lowest BCUT2D eigenvalue weighted by molar-refractivity contribution is 0.102. The van der Waals surface area contributed by atoms with Crippen LogP contribution in [0.4, 0.5) is 27.4 Å². The van der Waals surface area contributed by atoms with Gasteiger partial charge >= 0.3 is 0 Å². The molecule has 0 bridgehead atoms. The molecule has 0 aromatic carbocycles. The summed E-state index contributed by atoms with van der Waals surface area (Å²) < 4.78 is 16.3. The summed E-state index contributed by atoms with van der Waals surface area (Å²) in [6.07, 6.45) is 6.24. The van der Waals surface area contributed by atoms with E-state index in [1.54, 1.807) is 16.6 Å². The number of rotatable bonds is 6. The Hall–Kier alpha value is -3.57. The minimum atomic E-state index is -0.615. The molecule has 5 N–H and O–H groups in total.